The highest BCUT2D eigenvalue weighted by Crippen LogP contribution is 2.32. The summed E-state index contributed by atoms with van der Waals surface area (Å²) in [6.45, 7) is 3.20. The molecule has 0 aromatic rings. The van der Waals surface area contributed by atoms with Crippen LogP contribution in [0.25, 0.3) is 0 Å². The van der Waals surface area contributed by atoms with Crippen LogP contribution in [0.5, 0.6) is 0 Å². The van der Waals surface area contributed by atoms with Crippen molar-refractivity contribution in [1.82, 2.24) is 0 Å². The summed E-state index contributed by atoms with van der Waals surface area (Å²) in [6, 6.07) is 0. The third-order valence-electron chi connectivity index (χ3n) is 2.95. The van der Waals surface area contributed by atoms with Gasteiger partial charge in [-0.05, 0) is 13.3 Å². The van der Waals surface area contributed by atoms with Gasteiger partial charge in [0.25, 0.3) is 0 Å². The Kier molecular flexibility index (Phi) is 3.34. The molecule has 1 aliphatic heterocycles. The van der Waals surface area contributed by atoms with Gasteiger partial charge in [-0.2, -0.15) is 0 Å². The van der Waals surface area contributed by atoms with E-state index in [1.807, 2.05) is 0 Å². The summed E-state index contributed by atoms with van der Waals surface area (Å²) in [5.41, 5.74) is -1.15. The summed E-state index contributed by atoms with van der Waals surface area (Å²) < 4.78 is 5.12. The molecule has 1 aliphatic rings. The van der Waals surface area contributed by atoms with Gasteiger partial charge >= 0.3 is 5.97 Å². The number of rotatable bonds is 2. The molecule has 6 nitrogen and oxygen atoms in total. The van der Waals surface area contributed by atoms with Crippen molar-refractivity contribution in [3.63, 3.8) is 0 Å². The van der Waals surface area contributed by atoms with Gasteiger partial charge in [0.05, 0.1) is 5.60 Å². The van der Waals surface area contributed by atoms with Crippen LogP contribution in [-0.2, 0) is 9.53 Å². The minimum Gasteiger partial charge on any atom is -0.479 e. The molecule has 0 saturated carbocycles. The molecule has 0 aliphatic carbocycles. The van der Waals surface area contributed by atoms with Crippen molar-refractivity contribution in [2.24, 2.45) is 0 Å². The lowest BCUT2D eigenvalue weighted by molar-refractivity contribution is -0.262. The predicted molar refractivity (Wildman–Crippen MR) is 49.2 cm³/mol. The van der Waals surface area contributed by atoms with Crippen molar-refractivity contribution in [2.45, 2.75) is 50.3 Å². The first-order valence-corrected chi connectivity index (χ1v) is 4.78. The van der Waals surface area contributed by atoms with Crippen molar-refractivity contribution < 1.29 is 30.0 Å². The van der Waals surface area contributed by atoms with Gasteiger partial charge in [0.1, 0.15) is 18.3 Å². The van der Waals surface area contributed by atoms with Crippen LogP contribution >= 0.6 is 0 Å². The van der Waals surface area contributed by atoms with Crippen LogP contribution in [0.15, 0.2) is 0 Å². The molecule has 0 aromatic carbocycles. The largest absolute Gasteiger partial charge is 0.479 e. The summed E-state index contributed by atoms with van der Waals surface area (Å²) in [5.74, 6) is -1.35. The first-order chi connectivity index (χ1) is 6.83. The number of carboxylic acid groups (broad SMARTS) is 1. The number of hydrogen-bond donors (Lipinski definition) is 4. The lowest BCUT2D eigenvalue weighted by Gasteiger charge is -2.45. The Hall–Kier alpha value is -0.690. The van der Waals surface area contributed by atoms with E-state index in [0.29, 0.717) is 6.42 Å². The highest BCUT2D eigenvalue weighted by atomic mass is 16.6. The highest BCUT2D eigenvalue weighted by molar-refractivity contribution is 5.73. The third-order valence-corrected chi connectivity index (χ3v) is 2.95. The quantitative estimate of drug-likeness (QED) is 0.462. The standard InChI is InChI=1S/C9H16O6/c1-3-9(2)7(12)5(11)4(10)6(15-9)8(13)14/h4-7,10-12H,3H2,1-2H3,(H,13,14)/t4-,5-,6-,7+,9?/m0/s1. The van der Waals surface area contributed by atoms with Crippen LogP contribution < -0.4 is 0 Å². The molecule has 1 fully saturated rings. The van der Waals surface area contributed by atoms with E-state index in [-0.39, 0.29) is 0 Å². The van der Waals surface area contributed by atoms with Crippen LogP contribution in [0.2, 0.25) is 0 Å². The number of aliphatic hydroxyl groups is 3. The Balaban J connectivity index is 2.95. The van der Waals surface area contributed by atoms with Gasteiger partial charge in [-0.1, -0.05) is 6.92 Å². The summed E-state index contributed by atoms with van der Waals surface area (Å²) in [6.07, 6.45) is -5.59. The maximum Gasteiger partial charge on any atom is 0.335 e. The van der Waals surface area contributed by atoms with Crippen molar-refractivity contribution in [2.75, 3.05) is 0 Å². The molecular weight excluding hydrogens is 204 g/mol. The SMILES string of the molecule is CCC1(C)O[C@H](C(=O)O)[C@@H](O)[C@H](O)[C@H]1O. The fourth-order valence-electron chi connectivity index (χ4n) is 1.65. The monoisotopic (exact) mass is 220 g/mol. The summed E-state index contributed by atoms with van der Waals surface area (Å²) in [4.78, 5) is 10.7. The minimum absolute atomic E-state index is 0.335. The predicted octanol–water partition coefficient (Wildman–Crippen LogP) is -1.28. The molecule has 0 spiro atoms. The van der Waals surface area contributed by atoms with Crippen LogP contribution in [0, 0.1) is 0 Å². The molecular formula is C9H16O6. The van der Waals surface area contributed by atoms with Crippen LogP contribution in [0.1, 0.15) is 20.3 Å². The fraction of sp³-hybridized carbons (Fsp3) is 0.889. The third kappa shape index (κ3) is 1.98. The zero-order chi connectivity index (χ0) is 11.8. The number of carboxylic acids is 1. The molecule has 1 heterocycles. The molecule has 0 amide bonds. The molecule has 0 aromatic heterocycles. The first-order valence-electron chi connectivity index (χ1n) is 4.78. The number of hydrogen-bond acceptors (Lipinski definition) is 5. The van der Waals surface area contributed by atoms with Gasteiger partial charge in [0.2, 0.25) is 0 Å². The second kappa shape index (κ2) is 4.05. The van der Waals surface area contributed by atoms with E-state index in [1.54, 1.807) is 6.92 Å². The molecule has 6 heteroatoms. The molecule has 15 heavy (non-hydrogen) atoms. The molecule has 0 bridgehead atoms. The van der Waals surface area contributed by atoms with E-state index < -0.39 is 36.0 Å². The van der Waals surface area contributed by atoms with Crippen LogP contribution in [0.3, 0.4) is 0 Å². The van der Waals surface area contributed by atoms with Crippen molar-refractivity contribution in [1.29, 1.82) is 0 Å². The summed E-state index contributed by atoms with van der Waals surface area (Å²) in [7, 11) is 0. The second-order valence-corrected chi connectivity index (χ2v) is 3.97. The summed E-state index contributed by atoms with van der Waals surface area (Å²) >= 11 is 0. The average molecular weight is 220 g/mol. The Morgan fingerprint density at radius 1 is 1.33 bits per heavy atom. The smallest absolute Gasteiger partial charge is 0.335 e. The minimum atomic E-state index is -1.61. The van der Waals surface area contributed by atoms with Crippen molar-refractivity contribution in [3.05, 3.63) is 0 Å². The highest BCUT2D eigenvalue weighted by Gasteiger charge is 2.52. The van der Waals surface area contributed by atoms with E-state index in [0.717, 1.165) is 0 Å². The van der Waals surface area contributed by atoms with Gasteiger partial charge in [-0.15, -0.1) is 0 Å². The van der Waals surface area contributed by atoms with Gasteiger partial charge < -0.3 is 25.2 Å². The molecule has 88 valence electrons. The molecule has 1 saturated heterocycles. The Morgan fingerprint density at radius 2 is 1.87 bits per heavy atom. The number of aliphatic carboxylic acids is 1. The molecule has 4 N–H and O–H groups in total. The lowest BCUT2D eigenvalue weighted by atomic mass is 9.84. The van der Waals surface area contributed by atoms with Gasteiger partial charge in [0, 0.05) is 0 Å². The first kappa shape index (κ1) is 12.4. The van der Waals surface area contributed by atoms with Crippen LogP contribution in [0.4, 0.5) is 0 Å². The van der Waals surface area contributed by atoms with E-state index >= 15 is 0 Å². The van der Waals surface area contributed by atoms with E-state index in [9.17, 15) is 20.1 Å². The van der Waals surface area contributed by atoms with Crippen molar-refractivity contribution >= 4 is 5.97 Å². The number of ether oxygens (including phenoxy) is 1. The zero-order valence-corrected chi connectivity index (χ0v) is 8.62. The normalized spacial score (nSPS) is 46.5. The Bertz CT molecular complexity index is 255. The van der Waals surface area contributed by atoms with Gasteiger partial charge in [0.15, 0.2) is 6.10 Å². The Morgan fingerprint density at radius 3 is 2.27 bits per heavy atom. The average Bonchev–Trinajstić information content (AvgIpc) is 2.20. The molecule has 0 radical (unpaired) electrons. The second-order valence-electron chi connectivity index (χ2n) is 3.97. The summed E-state index contributed by atoms with van der Waals surface area (Å²) in [5, 5.41) is 37.3. The van der Waals surface area contributed by atoms with Gasteiger partial charge in [-0.3, -0.25) is 0 Å². The molecule has 1 unspecified atom stereocenters. The fourth-order valence-corrected chi connectivity index (χ4v) is 1.65. The van der Waals surface area contributed by atoms with Crippen molar-refractivity contribution in [3.8, 4) is 0 Å². The Labute approximate surface area is 87.1 Å². The number of aliphatic hydroxyl groups excluding tert-OH is 3. The molecule has 1 rings (SSSR count). The van der Waals surface area contributed by atoms with E-state index in [2.05, 4.69) is 0 Å². The lowest BCUT2D eigenvalue weighted by Crippen LogP contribution is -2.64. The van der Waals surface area contributed by atoms with E-state index in [4.69, 9.17) is 9.84 Å². The van der Waals surface area contributed by atoms with Crippen LogP contribution in [-0.4, -0.2) is 56.4 Å². The molecule has 5 atom stereocenters. The maximum atomic E-state index is 10.7. The topological polar surface area (TPSA) is 107 Å². The van der Waals surface area contributed by atoms with E-state index in [1.165, 1.54) is 6.92 Å². The van der Waals surface area contributed by atoms with Gasteiger partial charge in [-0.25, -0.2) is 4.79 Å². The number of carbonyl (C=O) groups is 1. The maximum absolute atomic E-state index is 10.7. The zero-order valence-electron chi connectivity index (χ0n) is 8.62.